The Balaban J connectivity index is 2.02. The fraction of sp³-hybridized carbons (Fsp3) is 0.600. The Morgan fingerprint density at radius 1 is 1.42 bits per heavy atom. The smallest absolute Gasteiger partial charge is 0.146 e. The third-order valence-corrected chi connectivity index (χ3v) is 3.45. The lowest BCUT2D eigenvalue weighted by atomic mass is 10.1. The lowest BCUT2D eigenvalue weighted by Gasteiger charge is -2.23. The van der Waals surface area contributed by atoms with Crippen molar-refractivity contribution in [2.24, 2.45) is 0 Å². The van der Waals surface area contributed by atoms with Gasteiger partial charge in [-0.2, -0.15) is 0 Å². The van der Waals surface area contributed by atoms with E-state index >= 15 is 0 Å². The van der Waals surface area contributed by atoms with Gasteiger partial charge in [-0.1, -0.05) is 12.1 Å². The van der Waals surface area contributed by atoms with E-state index in [4.69, 9.17) is 4.74 Å². The van der Waals surface area contributed by atoms with Gasteiger partial charge in [0, 0.05) is 39.9 Å². The third kappa shape index (κ3) is 4.18. The zero-order valence-electron chi connectivity index (χ0n) is 11.8. The molecular formula is C15H23FN2O. The second kappa shape index (κ2) is 6.87. The Bertz CT molecular complexity index is 407. The van der Waals surface area contributed by atoms with E-state index in [1.807, 2.05) is 18.0 Å². The minimum Gasteiger partial charge on any atom is -0.385 e. The van der Waals surface area contributed by atoms with E-state index in [2.05, 4.69) is 5.32 Å². The van der Waals surface area contributed by atoms with Crippen molar-refractivity contribution in [3.05, 3.63) is 29.6 Å². The SMILES string of the molecule is COCCCN(C)c1c(F)cccc1CNC1CC1. The summed E-state index contributed by atoms with van der Waals surface area (Å²) in [4.78, 5) is 1.98. The van der Waals surface area contributed by atoms with E-state index in [0.29, 0.717) is 18.3 Å². The summed E-state index contributed by atoms with van der Waals surface area (Å²) in [5.41, 5.74) is 1.75. The quantitative estimate of drug-likeness (QED) is 0.732. The van der Waals surface area contributed by atoms with Gasteiger partial charge in [-0.25, -0.2) is 4.39 Å². The van der Waals surface area contributed by atoms with Crippen LogP contribution in [0.3, 0.4) is 0 Å². The van der Waals surface area contributed by atoms with E-state index in [1.54, 1.807) is 13.2 Å². The van der Waals surface area contributed by atoms with Crippen molar-refractivity contribution in [3.8, 4) is 0 Å². The summed E-state index contributed by atoms with van der Waals surface area (Å²) in [5, 5.41) is 3.44. The van der Waals surface area contributed by atoms with Crippen molar-refractivity contribution in [1.82, 2.24) is 5.32 Å². The van der Waals surface area contributed by atoms with Gasteiger partial charge in [0.2, 0.25) is 0 Å². The van der Waals surface area contributed by atoms with E-state index in [9.17, 15) is 4.39 Å². The molecule has 1 aliphatic carbocycles. The van der Waals surface area contributed by atoms with Crippen LogP contribution < -0.4 is 10.2 Å². The molecule has 4 heteroatoms. The zero-order valence-corrected chi connectivity index (χ0v) is 11.8. The molecule has 3 nitrogen and oxygen atoms in total. The molecule has 1 aromatic carbocycles. The van der Waals surface area contributed by atoms with Crippen LogP contribution in [0.4, 0.5) is 10.1 Å². The summed E-state index contributed by atoms with van der Waals surface area (Å²) >= 11 is 0. The first-order chi connectivity index (χ1) is 9.22. The number of rotatable bonds is 8. The second-order valence-electron chi connectivity index (χ2n) is 5.17. The first kappa shape index (κ1) is 14.3. The number of anilines is 1. The topological polar surface area (TPSA) is 24.5 Å². The lowest BCUT2D eigenvalue weighted by Crippen LogP contribution is -2.24. The highest BCUT2D eigenvalue weighted by Gasteiger charge is 2.21. The Labute approximate surface area is 114 Å². The highest BCUT2D eigenvalue weighted by atomic mass is 19.1. The monoisotopic (exact) mass is 266 g/mol. The molecule has 0 saturated heterocycles. The minimum absolute atomic E-state index is 0.144. The Hall–Kier alpha value is -1.13. The van der Waals surface area contributed by atoms with Crippen LogP contribution in [0.5, 0.6) is 0 Å². The van der Waals surface area contributed by atoms with Crippen molar-refractivity contribution in [1.29, 1.82) is 0 Å². The molecule has 19 heavy (non-hydrogen) atoms. The number of methoxy groups -OCH3 is 1. The minimum atomic E-state index is -0.144. The van der Waals surface area contributed by atoms with Crippen LogP contribution in [-0.2, 0) is 11.3 Å². The molecule has 0 radical (unpaired) electrons. The molecule has 0 spiro atoms. The first-order valence-electron chi connectivity index (χ1n) is 6.93. The van der Waals surface area contributed by atoms with Gasteiger partial charge in [-0.15, -0.1) is 0 Å². The average molecular weight is 266 g/mol. The maximum atomic E-state index is 14.0. The Morgan fingerprint density at radius 2 is 2.21 bits per heavy atom. The standard InChI is InChI=1S/C15H23FN2O/c1-18(9-4-10-19-2)15-12(5-3-6-14(15)16)11-17-13-7-8-13/h3,5-6,13,17H,4,7-11H2,1-2H3. The van der Waals surface area contributed by atoms with Crippen molar-refractivity contribution >= 4 is 5.69 Å². The maximum absolute atomic E-state index is 14.0. The predicted octanol–water partition coefficient (Wildman–Crippen LogP) is 2.55. The van der Waals surface area contributed by atoms with Gasteiger partial charge in [-0.3, -0.25) is 0 Å². The second-order valence-corrected chi connectivity index (χ2v) is 5.17. The fourth-order valence-corrected chi connectivity index (χ4v) is 2.23. The maximum Gasteiger partial charge on any atom is 0.146 e. The number of ether oxygens (including phenoxy) is 1. The van der Waals surface area contributed by atoms with Crippen LogP contribution in [0, 0.1) is 5.82 Å². The molecule has 1 N–H and O–H groups in total. The first-order valence-corrected chi connectivity index (χ1v) is 6.93. The van der Waals surface area contributed by atoms with Gasteiger partial charge in [0.25, 0.3) is 0 Å². The molecule has 1 saturated carbocycles. The average Bonchev–Trinajstić information content (AvgIpc) is 3.20. The van der Waals surface area contributed by atoms with Crippen molar-refractivity contribution in [2.45, 2.75) is 31.8 Å². The Kier molecular flexibility index (Phi) is 5.16. The molecule has 0 heterocycles. The molecular weight excluding hydrogens is 243 g/mol. The molecule has 1 aromatic rings. The Morgan fingerprint density at radius 3 is 2.89 bits per heavy atom. The van der Waals surface area contributed by atoms with Crippen LogP contribution in [0.25, 0.3) is 0 Å². The molecule has 1 aliphatic rings. The molecule has 0 amide bonds. The van der Waals surface area contributed by atoms with Crippen molar-refractivity contribution in [3.63, 3.8) is 0 Å². The van der Waals surface area contributed by atoms with Crippen LogP contribution in [-0.4, -0.2) is 33.4 Å². The van der Waals surface area contributed by atoms with E-state index < -0.39 is 0 Å². The van der Waals surface area contributed by atoms with Gasteiger partial charge in [0.05, 0.1) is 5.69 Å². The van der Waals surface area contributed by atoms with Crippen LogP contribution in [0.1, 0.15) is 24.8 Å². The number of nitrogens with zero attached hydrogens (tertiary/aromatic N) is 1. The summed E-state index contributed by atoms with van der Waals surface area (Å²) in [6, 6.07) is 5.95. The molecule has 0 bridgehead atoms. The van der Waals surface area contributed by atoms with Crippen LogP contribution >= 0.6 is 0 Å². The third-order valence-electron chi connectivity index (χ3n) is 3.45. The van der Waals surface area contributed by atoms with Gasteiger partial charge < -0.3 is 15.0 Å². The summed E-state index contributed by atoms with van der Waals surface area (Å²) in [6.07, 6.45) is 3.39. The number of hydrogen-bond acceptors (Lipinski definition) is 3. The van der Waals surface area contributed by atoms with E-state index in [1.165, 1.54) is 18.9 Å². The van der Waals surface area contributed by atoms with E-state index in [0.717, 1.165) is 25.1 Å². The highest BCUT2D eigenvalue weighted by molar-refractivity contribution is 5.54. The number of hydrogen-bond donors (Lipinski definition) is 1. The number of halogens is 1. The molecule has 1 fully saturated rings. The van der Waals surface area contributed by atoms with Crippen LogP contribution in [0.2, 0.25) is 0 Å². The van der Waals surface area contributed by atoms with Crippen molar-refractivity contribution in [2.75, 3.05) is 32.2 Å². The number of benzene rings is 1. The number of para-hydroxylation sites is 1. The molecule has 2 rings (SSSR count). The van der Waals surface area contributed by atoms with Gasteiger partial charge in [0.1, 0.15) is 5.82 Å². The lowest BCUT2D eigenvalue weighted by molar-refractivity contribution is 0.196. The van der Waals surface area contributed by atoms with E-state index in [-0.39, 0.29) is 5.82 Å². The largest absolute Gasteiger partial charge is 0.385 e. The molecule has 0 atom stereocenters. The van der Waals surface area contributed by atoms with Gasteiger partial charge in [-0.05, 0) is 30.9 Å². The summed E-state index contributed by atoms with van der Waals surface area (Å²) < 4.78 is 19.1. The van der Waals surface area contributed by atoms with Gasteiger partial charge in [0.15, 0.2) is 0 Å². The fourth-order valence-electron chi connectivity index (χ4n) is 2.23. The highest BCUT2D eigenvalue weighted by Crippen LogP contribution is 2.25. The van der Waals surface area contributed by atoms with Crippen molar-refractivity contribution < 1.29 is 9.13 Å². The summed E-state index contributed by atoms with van der Waals surface area (Å²) in [5.74, 6) is -0.144. The normalized spacial score (nSPS) is 14.7. The molecule has 0 unspecified atom stereocenters. The summed E-state index contributed by atoms with van der Waals surface area (Å²) in [7, 11) is 3.63. The summed E-state index contributed by atoms with van der Waals surface area (Å²) in [6.45, 7) is 2.24. The predicted molar refractivity (Wildman–Crippen MR) is 76.0 cm³/mol. The molecule has 106 valence electrons. The van der Waals surface area contributed by atoms with Gasteiger partial charge >= 0.3 is 0 Å². The molecule has 0 aliphatic heterocycles. The number of nitrogens with one attached hydrogen (secondary N) is 1. The zero-order chi connectivity index (χ0) is 13.7. The molecule has 0 aromatic heterocycles. The van der Waals surface area contributed by atoms with Crippen LogP contribution in [0.15, 0.2) is 18.2 Å².